The molecule has 3 heterocycles. The predicted molar refractivity (Wildman–Crippen MR) is 91.8 cm³/mol. The molecule has 8 heteroatoms. The predicted octanol–water partition coefficient (Wildman–Crippen LogP) is 0.614. The fraction of sp³-hybridized carbons (Fsp3) is 0.750. The van der Waals surface area contributed by atoms with E-state index in [0.29, 0.717) is 12.2 Å². The number of amides is 1. The van der Waals surface area contributed by atoms with E-state index in [0.717, 1.165) is 37.2 Å². The molecule has 2 saturated heterocycles. The van der Waals surface area contributed by atoms with Crippen LogP contribution in [0.3, 0.4) is 0 Å². The maximum atomic E-state index is 13.0. The van der Waals surface area contributed by atoms with Gasteiger partial charge in [-0.3, -0.25) is 14.8 Å². The minimum atomic E-state index is -3.10. The Morgan fingerprint density at radius 3 is 2.58 bits per heavy atom. The van der Waals surface area contributed by atoms with Gasteiger partial charge in [0.25, 0.3) is 5.91 Å². The molecule has 2 fully saturated rings. The van der Waals surface area contributed by atoms with E-state index in [1.165, 1.54) is 0 Å². The highest BCUT2D eigenvalue weighted by atomic mass is 32.2. The third-order valence-electron chi connectivity index (χ3n) is 5.23. The Hall–Kier alpha value is -1.41. The first kappa shape index (κ1) is 17.4. The smallest absolute Gasteiger partial charge is 0.275 e. The molecule has 0 radical (unpaired) electrons. The lowest BCUT2D eigenvalue weighted by Gasteiger charge is -2.43. The van der Waals surface area contributed by atoms with Crippen LogP contribution in [-0.2, 0) is 16.3 Å². The Bertz CT molecular complexity index is 728. The van der Waals surface area contributed by atoms with Crippen molar-refractivity contribution >= 4 is 15.7 Å². The normalized spacial score (nSPS) is 26.5. The van der Waals surface area contributed by atoms with E-state index in [-0.39, 0.29) is 29.5 Å². The zero-order valence-corrected chi connectivity index (χ0v) is 15.4. The zero-order chi connectivity index (χ0) is 17.5. The molecule has 2 atom stereocenters. The summed E-state index contributed by atoms with van der Waals surface area (Å²) in [5.41, 5.74) is 2.26. The number of carbonyl (C=O) groups excluding carboxylic acids is 1. The number of sulfone groups is 1. The summed E-state index contributed by atoms with van der Waals surface area (Å²) in [5, 5.41) is 7.11. The van der Waals surface area contributed by atoms with E-state index >= 15 is 0 Å². The van der Waals surface area contributed by atoms with Gasteiger partial charge in [-0.15, -0.1) is 0 Å². The van der Waals surface area contributed by atoms with Crippen molar-refractivity contribution in [2.45, 2.75) is 45.7 Å². The largest absolute Gasteiger partial charge is 0.330 e. The van der Waals surface area contributed by atoms with Gasteiger partial charge in [0.1, 0.15) is 0 Å². The van der Waals surface area contributed by atoms with E-state index in [2.05, 4.69) is 22.0 Å². The van der Waals surface area contributed by atoms with Gasteiger partial charge in [-0.1, -0.05) is 13.8 Å². The van der Waals surface area contributed by atoms with E-state index < -0.39 is 9.84 Å². The number of hydrogen-bond acceptors (Lipinski definition) is 5. The standard InChI is InChI=1S/C16H26N4O3S/c1-4-6-19-7-8-20(14-10-24(22,23)9-13(14)19)16(21)15-11(3)12(5-2)17-18-15/h13-14H,4-10H2,1-3H3,(H,17,18)/t13-,14+/m1/s1. The number of carbonyl (C=O) groups is 1. The van der Waals surface area contributed by atoms with Crippen molar-refractivity contribution in [3.63, 3.8) is 0 Å². The van der Waals surface area contributed by atoms with Crippen LogP contribution in [0, 0.1) is 6.92 Å². The molecule has 3 rings (SSSR count). The van der Waals surface area contributed by atoms with Crippen LogP contribution in [0.2, 0.25) is 0 Å². The Kier molecular flexibility index (Phi) is 4.70. The first-order chi connectivity index (χ1) is 11.4. The van der Waals surface area contributed by atoms with Crippen molar-refractivity contribution in [2.75, 3.05) is 31.1 Å². The number of nitrogens with one attached hydrogen (secondary N) is 1. The number of piperazine rings is 1. The highest BCUT2D eigenvalue weighted by Crippen LogP contribution is 2.28. The van der Waals surface area contributed by atoms with E-state index in [9.17, 15) is 13.2 Å². The molecular formula is C16H26N4O3S. The Labute approximate surface area is 143 Å². The highest BCUT2D eigenvalue weighted by Gasteiger charge is 2.48. The van der Waals surface area contributed by atoms with E-state index in [1.807, 2.05) is 13.8 Å². The summed E-state index contributed by atoms with van der Waals surface area (Å²) in [7, 11) is -3.10. The molecule has 1 N–H and O–H groups in total. The van der Waals surface area contributed by atoms with Gasteiger partial charge in [-0.2, -0.15) is 5.10 Å². The highest BCUT2D eigenvalue weighted by molar-refractivity contribution is 7.91. The average molecular weight is 354 g/mol. The number of hydrogen-bond donors (Lipinski definition) is 1. The topological polar surface area (TPSA) is 86.4 Å². The Balaban J connectivity index is 1.88. The molecule has 24 heavy (non-hydrogen) atoms. The quantitative estimate of drug-likeness (QED) is 0.856. The number of aromatic nitrogens is 2. The minimum absolute atomic E-state index is 0.0632. The van der Waals surface area contributed by atoms with Crippen LogP contribution in [0.4, 0.5) is 0 Å². The van der Waals surface area contributed by atoms with Crippen LogP contribution in [0.15, 0.2) is 0 Å². The van der Waals surface area contributed by atoms with Gasteiger partial charge in [-0.25, -0.2) is 8.42 Å². The van der Waals surface area contributed by atoms with Crippen LogP contribution in [0.1, 0.15) is 42.0 Å². The maximum absolute atomic E-state index is 13.0. The molecule has 0 spiro atoms. The van der Waals surface area contributed by atoms with Crippen molar-refractivity contribution in [2.24, 2.45) is 0 Å². The van der Waals surface area contributed by atoms with Crippen LogP contribution < -0.4 is 0 Å². The van der Waals surface area contributed by atoms with Crippen LogP contribution in [-0.4, -0.2) is 77.5 Å². The molecule has 7 nitrogen and oxygen atoms in total. The monoisotopic (exact) mass is 354 g/mol. The van der Waals surface area contributed by atoms with Crippen LogP contribution in [0.25, 0.3) is 0 Å². The van der Waals surface area contributed by atoms with Gasteiger partial charge in [0, 0.05) is 30.4 Å². The molecule has 0 bridgehead atoms. The van der Waals surface area contributed by atoms with Crippen molar-refractivity contribution in [1.29, 1.82) is 0 Å². The molecule has 0 aliphatic carbocycles. The zero-order valence-electron chi connectivity index (χ0n) is 14.6. The minimum Gasteiger partial charge on any atom is -0.330 e. The molecule has 1 aromatic heterocycles. The fourth-order valence-corrected chi connectivity index (χ4v) is 5.98. The summed E-state index contributed by atoms with van der Waals surface area (Å²) >= 11 is 0. The molecule has 0 unspecified atom stereocenters. The van der Waals surface area contributed by atoms with Crippen molar-refractivity contribution in [3.8, 4) is 0 Å². The number of aromatic amines is 1. The second-order valence-electron chi connectivity index (χ2n) is 6.78. The molecule has 0 aromatic carbocycles. The summed E-state index contributed by atoms with van der Waals surface area (Å²) in [6.45, 7) is 8.16. The SMILES string of the molecule is CCCN1CCN(C(=O)c2n[nH]c(CC)c2C)[C@H]2CS(=O)(=O)C[C@H]21. The lowest BCUT2D eigenvalue weighted by molar-refractivity contribution is 0.0327. The molecular weight excluding hydrogens is 328 g/mol. The van der Waals surface area contributed by atoms with Gasteiger partial charge in [0.2, 0.25) is 0 Å². The van der Waals surface area contributed by atoms with E-state index in [4.69, 9.17) is 0 Å². The van der Waals surface area contributed by atoms with Crippen LogP contribution >= 0.6 is 0 Å². The second-order valence-corrected chi connectivity index (χ2v) is 8.93. The number of aryl methyl sites for hydroxylation is 1. The van der Waals surface area contributed by atoms with Gasteiger partial charge in [0.15, 0.2) is 15.5 Å². The van der Waals surface area contributed by atoms with Crippen molar-refractivity contribution in [1.82, 2.24) is 20.0 Å². The lowest BCUT2D eigenvalue weighted by atomic mass is 10.0. The van der Waals surface area contributed by atoms with Gasteiger partial charge in [0.05, 0.1) is 17.5 Å². The Morgan fingerprint density at radius 2 is 1.96 bits per heavy atom. The summed E-state index contributed by atoms with van der Waals surface area (Å²) < 4.78 is 24.4. The second kappa shape index (κ2) is 6.48. The van der Waals surface area contributed by atoms with Crippen molar-refractivity contribution in [3.05, 3.63) is 17.0 Å². The van der Waals surface area contributed by atoms with Gasteiger partial charge >= 0.3 is 0 Å². The molecule has 0 saturated carbocycles. The molecule has 2 aliphatic rings. The molecule has 1 amide bonds. The lowest BCUT2D eigenvalue weighted by Crippen LogP contribution is -2.60. The number of nitrogens with zero attached hydrogens (tertiary/aromatic N) is 3. The summed E-state index contributed by atoms with van der Waals surface area (Å²) in [5.74, 6) is 0.0706. The average Bonchev–Trinajstić information content (AvgIpc) is 3.06. The molecule has 134 valence electrons. The van der Waals surface area contributed by atoms with Crippen LogP contribution in [0.5, 0.6) is 0 Å². The van der Waals surface area contributed by atoms with Crippen molar-refractivity contribution < 1.29 is 13.2 Å². The van der Waals surface area contributed by atoms with Gasteiger partial charge in [-0.05, 0) is 26.3 Å². The number of rotatable bonds is 4. The van der Waals surface area contributed by atoms with Gasteiger partial charge < -0.3 is 4.90 Å². The first-order valence-corrected chi connectivity index (χ1v) is 10.5. The number of H-pyrrole nitrogens is 1. The molecule has 1 aromatic rings. The fourth-order valence-electron chi connectivity index (χ4n) is 3.96. The summed E-state index contributed by atoms with van der Waals surface area (Å²) in [6, 6.07) is -0.346. The maximum Gasteiger partial charge on any atom is 0.275 e. The summed E-state index contributed by atoms with van der Waals surface area (Å²) in [4.78, 5) is 17.0. The third kappa shape index (κ3) is 2.97. The molecule has 2 aliphatic heterocycles. The number of fused-ring (bicyclic) bond motifs is 1. The third-order valence-corrected chi connectivity index (χ3v) is 6.93. The first-order valence-electron chi connectivity index (χ1n) is 8.67. The Morgan fingerprint density at radius 1 is 1.25 bits per heavy atom. The summed E-state index contributed by atoms with van der Waals surface area (Å²) in [6.07, 6.45) is 1.77. The van der Waals surface area contributed by atoms with E-state index in [1.54, 1.807) is 4.90 Å².